The first-order chi connectivity index (χ1) is 7.65. The van der Waals surface area contributed by atoms with Crippen LogP contribution in [0.3, 0.4) is 0 Å². The fraction of sp³-hybridized carbons (Fsp3) is 0.545. The van der Waals surface area contributed by atoms with Crippen molar-refractivity contribution < 1.29 is 4.79 Å². The number of nitrogens with zero attached hydrogens (tertiary/aromatic N) is 2. The minimum absolute atomic E-state index is 0.307. The molecule has 88 valence electrons. The van der Waals surface area contributed by atoms with Crippen molar-refractivity contribution in [3.05, 3.63) is 17.5 Å². The van der Waals surface area contributed by atoms with Crippen LogP contribution in [0.5, 0.6) is 0 Å². The molecular weight excluding hydrogens is 204 g/mol. The summed E-state index contributed by atoms with van der Waals surface area (Å²) in [4.78, 5) is 19.2. The summed E-state index contributed by atoms with van der Waals surface area (Å²) in [5.41, 5.74) is 6.94. The molecule has 3 N–H and O–H groups in total. The minimum atomic E-state index is -0.629. The van der Waals surface area contributed by atoms with E-state index in [1.54, 1.807) is 0 Å². The molecule has 0 unspecified atom stereocenters. The van der Waals surface area contributed by atoms with E-state index in [1.165, 1.54) is 0 Å². The van der Waals surface area contributed by atoms with Crippen molar-refractivity contribution in [2.75, 3.05) is 5.32 Å². The average molecular weight is 222 g/mol. The van der Waals surface area contributed by atoms with Gasteiger partial charge in [0.15, 0.2) is 0 Å². The van der Waals surface area contributed by atoms with Crippen molar-refractivity contribution in [3.63, 3.8) is 0 Å². The summed E-state index contributed by atoms with van der Waals surface area (Å²) in [5, 5.41) is 2.42. The molecule has 1 aromatic heterocycles. The molecule has 0 aliphatic heterocycles. The number of anilines is 1. The van der Waals surface area contributed by atoms with Crippen LogP contribution in [-0.2, 0) is 12.8 Å². The van der Waals surface area contributed by atoms with E-state index in [0.29, 0.717) is 5.95 Å². The van der Waals surface area contributed by atoms with Crippen LogP contribution in [-0.4, -0.2) is 16.0 Å². The standard InChI is InChI=1S/C11H18N4O/c1-3-5-8-7-9(6-4-2)14-11(13-8)15-10(12)16/h7H,3-6H2,1-2H3,(H3,12,13,14,15,16). The Morgan fingerprint density at radius 3 is 2.12 bits per heavy atom. The number of amides is 2. The highest BCUT2D eigenvalue weighted by Crippen LogP contribution is 2.09. The maximum absolute atomic E-state index is 10.7. The molecule has 0 saturated heterocycles. The SMILES string of the molecule is CCCc1cc(CCC)nc(NC(N)=O)n1. The third kappa shape index (κ3) is 3.84. The first-order valence-corrected chi connectivity index (χ1v) is 5.59. The smallest absolute Gasteiger partial charge is 0.319 e. The number of urea groups is 1. The quantitative estimate of drug-likeness (QED) is 0.798. The summed E-state index contributed by atoms with van der Waals surface area (Å²) in [6, 6.07) is 1.36. The molecule has 0 aromatic carbocycles. The molecule has 0 aliphatic carbocycles. The topological polar surface area (TPSA) is 80.9 Å². The Morgan fingerprint density at radius 1 is 1.25 bits per heavy atom. The summed E-state index contributed by atoms with van der Waals surface area (Å²) in [5.74, 6) is 0.307. The molecule has 1 rings (SSSR count). The summed E-state index contributed by atoms with van der Waals surface area (Å²) in [6.45, 7) is 4.17. The molecule has 16 heavy (non-hydrogen) atoms. The Hall–Kier alpha value is -1.65. The van der Waals surface area contributed by atoms with Gasteiger partial charge in [-0.2, -0.15) is 0 Å². The molecule has 2 amide bonds. The van der Waals surface area contributed by atoms with Gasteiger partial charge in [-0.3, -0.25) is 5.32 Å². The number of aryl methyl sites for hydroxylation is 2. The van der Waals surface area contributed by atoms with Gasteiger partial charge in [-0.25, -0.2) is 14.8 Å². The number of hydrogen-bond donors (Lipinski definition) is 2. The van der Waals surface area contributed by atoms with Gasteiger partial charge in [-0.05, 0) is 18.9 Å². The number of aromatic nitrogens is 2. The summed E-state index contributed by atoms with van der Waals surface area (Å²) < 4.78 is 0. The molecular formula is C11H18N4O. The van der Waals surface area contributed by atoms with Gasteiger partial charge in [0.1, 0.15) is 0 Å². The number of carbonyl (C=O) groups excluding carboxylic acids is 1. The normalized spacial score (nSPS) is 10.1. The zero-order valence-corrected chi connectivity index (χ0v) is 9.79. The number of rotatable bonds is 5. The lowest BCUT2D eigenvalue weighted by Gasteiger charge is -2.06. The Labute approximate surface area is 95.5 Å². The molecule has 0 aliphatic rings. The van der Waals surface area contributed by atoms with Gasteiger partial charge < -0.3 is 5.73 Å². The molecule has 1 aromatic rings. The third-order valence-corrected chi connectivity index (χ3v) is 2.08. The van der Waals surface area contributed by atoms with Gasteiger partial charge in [0.25, 0.3) is 0 Å². The Morgan fingerprint density at radius 2 is 1.75 bits per heavy atom. The molecule has 0 saturated carbocycles. The van der Waals surface area contributed by atoms with E-state index < -0.39 is 6.03 Å². The third-order valence-electron chi connectivity index (χ3n) is 2.08. The predicted octanol–water partition coefficient (Wildman–Crippen LogP) is 1.87. The highest BCUT2D eigenvalue weighted by molar-refractivity contribution is 5.85. The van der Waals surface area contributed by atoms with Crippen molar-refractivity contribution in [2.24, 2.45) is 5.73 Å². The number of primary amides is 1. The van der Waals surface area contributed by atoms with E-state index in [0.717, 1.165) is 37.1 Å². The molecule has 0 spiro atoms. The molecule has 0 bridgehead atoms. The Balaban J connectivity index is 2.93. The number of carbonyl (C=O) groups is 1. The molecule has 0 atom stereocenters. The van der Waals surface area contributed by atoms with E-state index in [4.69, 9.17) is 5.73 Å². The van der Waals surface area contributed by atoms with Crippen LogP contribution >= 0.6 is 0 Å². The summed E-state index contributed by atoms with van der Waals surface area (Å²) in [6.07, 6.45) is 3.79. The zero-order chi connectivity index (χ0) is 12.0. The van der Waals surface area contributed by atoms with Crippen LogP contribution in [0.15, 0.2) is 6.07 Å². The molecule has 0 radical (unpaired) electrons. The highest BCUT2D eigenvalue weighted by atomic mass is 16.2. The van der Waals surface area contributed by atoms with Crippen LogP contribution in [0.2, 0.25) is 0 Å². The van der Waals surface area contributed by atoms with Crippen molar-refractivity contribution in [1.29, 1.82) is 0 Å². The largest absolute Gasteiger partial charge is 0.351 e. The number of nitrogens with one attached hydrogen (secondary N) is 1. The lowest BCUT2D eigenvalue weighted by molar-refractivity contribution is 0.259. The minimum Gasteiger partial charge on any atom is -0.351 e. The molecule has 5 nitrogen and oxygen atoms in total. The summed E-state index contributed by atoms with van der Waals surface area (Å²) >= 11 is 0. The zero-order valence-electron chi connectivity index (χ0n) is 9.79. The van der Waals surface area contributed by atoms with Gasteiger partial charge in [0.05, 0.1) is 0 Å². The fourth-order valence-electron chi connectivity index (χ4n) is 1.49. The Kier molecular flexibility index (Phi) is 4.69. The molecule has 5 heteroatoms. The van der Waals surface area contributed by atoms with Crippen molar-refractivity contribution in [3.8, 4) is 0 Å². The van der Waals surface area contributed by atoms with Crippen LogP contribution in [0.4, 0.5) is 10.7 Å². The van der Waals surface area contributed by atoms with E-state index >= 15 is 0 Å². The van der Waals surface area contributed by atoms with Gasteiger partial charge in [0.2, 0.25) is 5.95 Å². The van der Waals surface area contributed by atoms with E-state index in [9.17, 15) is 4.79 Å². The Bertz CT molecular complexity index is 341. The number of nitrogens with two attached hydrogens (primary N) is 1. The van der Waals surface area contributed by atoms with Crippen LogP contribution in [0, 0.1) is 0 Å². The van der Waals surface area contributed by atoms with Gasteiger partial charge in [-0.1, -0.05) is 26.7 Å². The lowest BCUT2D eigenvalue weighted by Crippen LogP contribution is -2.21. The average Bonchev–Trinajstić information content (AvgIpc) is 2.17. The second-order valence-corrected chi connectivity index (χ2v) is 3.66. The monoisotopic (exact) mass is 222 g/mol. The first kappa shape index (κ1) is 12.4. The van der Waals surface area contributed by atoms with Crippen molar-refractivity contribution in [1.82, 2.24) is 9.97 Å². The lowest BCUT2D eigenvalue weighted by atomic mass is 10.2. The number of hydrogen-bond acceptors (Lipinski definition) is 3. The van der Waals surface area contributed by atoms with Gasteiger partial charge in [-0.15, -0.1) is 0 Å². The van der Waals surface area contributed by atoms with Gasteiger partial charge >= 0.3 is 6.03 Å². The van der Waals surface area contributed by atoms with Crippen LogP contribution in [0.1, 0.15) is 38.1 Å². The van der Waals surface area contributed by atoms with Crippen molar-refractivity contribution >= 4 is 12.0 Å². The maximum atomic E-state index is 10.7. The van der Waals surface area contributed by atoms with E-state index in [2.05, 4.69) is 29.1 Å². The van der Waals surface area contributed by atoms with E-state index in [1.807, 2.05) is 6.07 Å². The van der Waals surface area contributed by atoms with Crippen LogP contribution in [0.25, 0.3) is 0 Å². The highest BCUT2D eigenvalue weighted by Gasteiger charge is 2.05. The second-order valence-electron chi connectivity index (χ2n) is 3.66. The van der Waals surface area contributed by atoms with Crippen LogP contribution < -0.4 is 11.1 Å². The summed E-state index contributed by atoms with van der Waals surface area (Å²) in [7, 11) is 0. The second kappa shape index (κ2) is 6.05. The fourth-order valence-corrected chi connectivity index (χ4v) is 1.49. The molecule has 1 heterocycles. The first-order valence-electron chi connectivity index (χ1n) is 5.59. The van der Waals surface area contributed by atoms with E-state index in [-0.39, 0.29) is 0 Å². The van der Waals surface area contributed by atoms with Crippen molar-refractivity contribution in [2.45, 2.75) is 39.5 Å². The molecule has 0 fully saturated rings. The van der Waals surface area contributed by atoms with Gasteiger partial charge in [0, 0.05) is 11.4 Å². The predicted molar refractivity (Wildman–Crippen MR) is 63.2 cm³/mol. The maximum Gasteiger partial charge on any atom is 0.319 e.